The number of halogens is 2. The summed E-state index contributed by atoms with van der Waals surface area (Å²) >= 11 is 0. The summed E-state index contributed by atoms with van der Waals surface area (Å²) in [4.78, 5) is 0. The van der Waals surface area contributed by atoms with E-state index in [4.69, 9.17) is 4.55 Å². The predicted molar refractivity (Wildman–Crippen MR) is 22.9 cm³/mol. The van der Waals surface area contributed by atoms with E-state index in [0.29, 0.717) is 0 Å². The number of hydrogen-bond acceptors (Lipinski definition) is 3. The van der Waals surface area contributed by atoms with E-state index >= 15 is 0 Å². The van der Waals surface area contributed by atoms with Gasteiger partial charge < -0.3 is 4.18 Å². The summed E-state index contributed by atoms with van der Waals surface area (Å²) < 4.78 is 51.8. The van der Waals surface area contributed by atoms with Crippen molar-refractivity contribution in [3.8, 4) is 0 Å². The second kappa shape index (κ2) is 2.74. The molecule has 0 radical (unpaired) electrons. The first kappa shape index (κ1) is 8.31. The van der Waals surface area contributed by atoms with Crippen LogP contribution in [0.25, 0.3) is 0 Å². The SMILES string of the molecule is O=S(=O)(O)O/C(F)=C/F. The Morgan fingerprint density at radius 2 is 2.11 bits per heavy atom. The second-order valence-electron chi connectivity index (χ2n) is 0.924. The third-order valence-electron chi connectivity index (χ3n) is 0.271. The zero-order valence-electron chi connectivity index (χ0n) is 3.91. The largest absolute Gasteiger partial charge is 0.448 e. The molecule has 0 aromatic heterocycles. The minimum Gasteiger partial charge on any atom is -0.329 e. The molecule has 0 spiro atoms. The van der Waals surface area contributed by atoms with Crippen LogP contribution in [0.1, 0.15) is 0 Å². The summed E-state index contributed by atoms with van der Waals surface area (Å²) in [5.74, 6) is 0. The van der Waals surface area contributed by atoms with Crippen molar-refractivity contribution in [2.75, 3.05) is 0 Å². The molecule has 0 saturated carbocycles. The molecule has 0 aliphatic heterocycles. The van der Waals surface area contributed by atoms with Crippen LogP contribution in [0.15, 0.2) is 12.3 Å². The minimum absolute atomic E-state index is 0.742. The molecule has 0 saturated heterocycles. The third-order valence-corrected chi connectivity index (χ3v) is 0.641. The molecule has 0 atom stereocenters. The van der Waals surface area contributed by atoms with E-state index in [1.165, 1.54) is 0 Å². The van der Waals surface area contributed by atoms with Gasteiger partial charge in [0, 0.05) is 0 Å². The lowest BCUT2D eigenvalue weighted by Gasteiger charge is -1.92. The van der Waals surface area contributed by atoms with Gasteiger partial charge in [-0.25, -0.2) is 4.39 Å². The molecule has 0 fully saturated rings. The van der Waals surface area contributed by atoms with Gasteiger partial charge in [0.2, 0.25) is 0 Å². The Balaban J connectivity index is 4.07. The average molecular weight is 160 g/mol. The molecule has 4 nitrogen and oxygen atoms in total. The molecule has 1 N–H and O–H groups in total. The first-order valence-electron chi connectivity index (χ1n) is 1.58. The first-order valence-corrected chi connectivity index (χ1v) is 2.95. The maximum absolute atomic E-state index is 11.4. The molecule has 0 aliphatic rings. The van der Waals surface area contributed by atoms with Gasteiger partial charge in [0.25, 0.3) is 0 Å². The van der Waals surface area contributed by atoms with Crippen molar-refractivity contribution in [3.05, 3.63) is 12.3 Å². The maximum atomic E-state index is 11.4. The van der Waals surface area contributed by atoms with Crippen molar-refractivity contribution in [1.29, 1.82) is 0 Å². The molecule has 9 heavy (non-hydrogen) atoms. The Morgan fingerprint density at radius 3 is 2.22 bits per heavy atom. The lowest BCUT2D eigenvalue weighted by Crippen LogP contribution is -2.00. The third kappa shape index (κ3) is 5.18. The van der Waals surface area contributed by atoms with Crippen LogP contribution in [0.5, 0.6) is 0 Å². The first-order chi connectivity index (χ1) is 3.95. The van der Waals surface area contributed by atoms with E-state index in [1.807, 2.05) is 0 Å². The van der Waals surface area contributed by atoms with Gasteiger partial charge in [-0.1, -0.05) is 0 Å². The fourth-order valence-electron chi connectivity index (χ4n) is 0.119. The fraction of sp³-hybridized carbons (Fsp3) is 0. The standard InChI is InChI=1S/C2H2F2O4S/c3-1-2(4)8-9(5,6)7/h1H,(H,5,6,7)/b2-1+. The van der Waals surface area contributed by atoms with E-state index in [-0.39, 0.29) is 0 Å². The van der Waals surface area contributed by atoms with E-state index in [2.05, 4.69) is 4.18 Å². The Hall–Kier alpha value is -0.690. The molecule has 54 valence electrons. The molecule has 0 aromatic carbocycles. The molecule has 0 rings (SSSR count). The lowest BCUT2D eigenvalue weighted by atomic mass is 11.1. The van der Waals surface area contributed by atoms with Gasteiger partial charge in [-0.15, -0.1) is 0 Å². The highest BCUT2D eigenvalue weighted by molar-refractivity contribution is 7.81. The van der Waals surface area contributed by atoms with E-state index < -0.39 is 22.7 Å². The van der Waals surface area contributed by atoms with E-state index in [9.17, 15) is 17.2 Å². The monoisotopic (exact) mass is 160 g/mol. The Kier molecular flexibility index (Phi) is 2.53. The molecular formula is C2H2F2O4S. The van der Waals surface area contributed by atoms with Crippen molar-refractivity contribution in [2.24, 2.45) is 0 Å². The highest BCUT2D eigenvalue weighted by Gasteiger charge is 2.07. The summed E-state index contributed by atoms with van der Waals surface area (Å²) in [5.41, 5.74) is 0. The van der Waals surface area contributed by atoms with Crippen LogP contribution >= 0.6 is 0 Å². The quantitative estimate of drug-likeness (QED) is 0.473. The van der Waals surface area contributed by atoms with Gasteiger partial charge in [0.05, 0.1) is 0 Å². The van der Waals surface area contributed by atoms with Crippen molar-refractivity contribution in [3.63, 3.8) is 0 Å². The van der Waals surface area contributed by atoms with Crippen LogP contribution in [-0.2, 0) is 14.6 Å². The predicted octanol–water partition coefficient (Wildman–Crippen LogP) is 0.544. The van der Waals surface area contributed by atoms with Gasteiger partial charge in [-0.2, -0.15) is 12.8 Å². The average Bonchev–Trinajstić information content (AvgIpc) is 1.62. The Morgan fingerprint density at radius 1 is 1.67 bits per heavy atom. The number of rotatable bonds is 2. The molecule has 7 heteroatoms. The van der Waals surface area contributed by atoms with Crippen molar-refractivity contribution >= 4 is 10.4 Å². The summed E-state index contributed by atoms with van der Waals surface area (Å²) in [5, 5.41) is 0. The van der Waals surface area contributed by atoms with Crippen molar-refractivity contribution < 1.29 is 25.9 Å². The van der Waals surface area contributed by atoms with Crippen molar-refractivity contribution in [2.45, 2.75) is 0 Å². The topological polar surface area (TPSA) is 63.6 Å². The summed E-state index contributed by atoms with van der Waals surface area (Å²) in [6, 6.07) is -2.02. The van der Waals surface area contributed by atoms with Gasteiger partial charge in [0.1, 0.15) is 0 Å². The summed E-state index contributed by atoms with van der Waals surface area (Å²) in [6.07, 6.45) is -0.742. The molecule has 0 bridgehead atoms. The smallest absolute Gasteiger partial charge is 0.329 e. The molecular weight excluding hydrogens is 158 g/mol. The molecule has 0 aliphatic carbocycles. The second-order valence-corrected chi connectivity index (χ2v) is 1.95. The van der Waals surface area contributed by atoms with Crippen LogP contribution < -0.4 is 0 Å². The number of hydrogen-bond donors (Lipinski definition) is 1. The Labute approximate surface area is 49.7 Å². The van der Waals surface area contributed by atoms with E-state index in [1.54, 1.807) is 0 Å². The molecule has 0 unspecified atom stereocenters. The van der Waals surface area contributed by atoms with Crippen LogP contribution in [-0.4, -0.2) is 13.0 Å². The lowest BCUT2D eigenvalue weighted by molar-refractivity contribution is 0.256. The molecule has 0 heterocycles. The van der Waals surface area contributed by atoms with Crippen LogP contribution in [0.4, 0.5) is 8.78 Å². The van der Waals surface area contributed by atoms with Crippen molar-refractivity contribution in [1.82, 2.24) is 0 Å². The maximum Gasteiger partial charge on any atom is 0.448 e. The van der Waals surface area contributed by atoms with E-state index in [0.717, 1.165) is 0 Å². The fourth-order valence-corrected chi connectivity index (χ4v) is 0.356. The van der Waals surface area contributed by atoms with Gasteiger partial charge in [-0.05, 0) is 0 Å². The summed E-state index contributed by atoms with van der Waals surface area (Å²) in [6.45, 7) is 0. The minimum atomic E-state index is -4.92. The van der Waals surface area contributed by atoms with Gasteiger partial charge in [-0.3, -0.25) is 4.55 Å². The van der Waals surface area contributed by atoms with Crippen LogP contribution in [0.3, 0.4) is 0 Å². The Bertz CT molecular complexity index is 205. The van der Waals surface area contributed by atoms with Gasteiger partial charge >= 0.3 is 16.4 Å². The zero-order valence-corrected chi connectivity index (χ0v) is 4.73. The van der Waals surface area contributed by atoms with Crippen LogP contribution in [0.2, 0.25) is 0 Å². The van der Waals surface area contributed by atoms with Gasteiger partial charge in [0.15, 0.2) is 6.33 Å². The highest BCUT2D eigenvalue weighted by Crippen LogP contribution is 2.02. The zero-order chi connectivity index (χ0) is 7.49. The normalized spacial score (nSPS) is 13.4. The molecule has 0 aromatic rings. The summed E-state index contributed by atoms with van der Waals surface area (Å²) in [7, 11) is -4.92. The molecule has 0 amide bonds. The highest BCUT2D eigenvalue weighted by atomic mass is 32.3. The van der Waals surface area contributed by atoms with Crippen LogP contribution in [0, 0.1) is 0 Å².